The van der Waals surface area contributed by atoms with Gasteiger partial charge in [-0.15, -0.1) is 0 Å². The maximum atomic E-state index is 5.49. The van der Waals surface area contributed by atoms with Crippen molar-refractivity contribution in [3.8, 4) is 0 Å². The van der Waals surface area contributed by atoms with Crippen LogP contribution >= 0.6 is 0 Å². The van der Waals surface area contributed by atoms with Gasteiger partial charge in [-0.05, 0) is 19.3 Å². The fraction of sp³-hybridized carbons (Fsp3) is 0.714. The summed E-state index contributed by atoms with van der Waals surface area (Å²) in [6, 6.07) is 2.24. The minimum atomic E-state index is -0.117. The molecule has 0 spiro atoms. The zero-order chi connectivity index (χ0) is 14.8. The van der Waals surface area contributed by atoms with Crippen molar-refractivity contribution >= 4 is 11.6 Å². The number of anilines is 2. The average Bonchev–Trinajstić information content (AvgIpc) is 2.85. The molecule has 1 aliphatic carbocycles. The van der Waals surface area contributed by atoms with Crippen molar-refractivity contribution in [2.75, 3.05) is 17.9 Å². The third kappa shape index (κ3) is 3.58. The molecule has 1 fully saturated rings. The Morgan fingerprint density at radius 3 is 2.50 bits per heavy atom. The maximum Gasteiger partial charge on any atom is 0.145 e. The highest BCUT2D eigenvalue weighted by molar-refractivity contribution is 5.48. The number of nitrogens with zero attached hydrogens (tertiary/aromatic N) is 2. The summed E-state index contributed by atoms with van der Waals surface area (Å²) in [5, 5.41) is 3.47. The SMILES string of the molecule is COC1CCC(Nc2cc(NN)nc(C(C)(C)C)n2)C1. The van der Waals surface area contributed by atoms with E-state index in [0.29, 0.717) is 18.0 Å². The molecular formula is C14H25N5O. The van der Waals surface area contributed by atoms with Crippen LogP contribution in [0.1, 0.15) is 45.9 Å². The first-order valence-electron chi connectivity index (χ1n) is 7.08. The van der Waals surface area contributed by atoms with E-state index in [1.54, 1.807) is 7.11 Å². The van der Waals surface area contributed by atoms with Crippen molar-refractivity contribution < 1.29 is 4.74 Å². The maximum absolute atomic E-state index is 5.49. The molecular weight excluding hydrogens is 254 g/mol. The zero-order valence-corrected chi connectivity index (χ0v) is 12.7. The Balaban J connectivity index is 2.15. The van der Waals surface area contributed by atoms with Gasteiger partial charge in [0, 0.05) is 24.6 Å². The first kappa shape index (κ1) is 15.0. The molecule has 20 heavy (non-hydrogen) atoms. The molecule has 2 atom stereocenters. The van der Waals surface area contributed by atoms with Crippen LogP contribution in [0.15, 0.2) is 6.07 Å². The molecule has 4 N–H and O–H groups in total. The molecule has 0 aliphatic heterocycles. The smallest absolute Gasteiger partial charge is 0.145 e. The molecule has 1 heterocycles. The highest BCUT2D eigenvalue weighted by Crippen LogP contribution is 2.26. The largest absolute Gasteiger partial charge is 0.381 e. The molecule has 1 aromatic rings. The second-order valence-corrected chi connectivity index (χ2v) is 6.37. The summed E-state index contributed by atoms with van der Waals surface area (Å²) in [5.41, 5.74) is 2.49. The lowest BCUT2D eigenvalue weighted by Crippen LogP contribution is -2.23. The van der Waals surface area contributed by atoms with Gasteiger partial charge in [-0.2, -0.15) is 0 Å². The minimum Gasteiger partial charge on any atom is -0.381 e. The summed E-state index contributed by atoms with van der Waals surface area (Å²) >= 11 is 0. The summed E-state index contributed by atoms with van der Waals surface area (Å²) in [4.78, 5) is 9.03. The van der Waals surface area contributed by atoms with E-state index in [1.165, 1.54) is 0 Å². The summed E-state index contributed by atoms with van der Waals surface area (Å²) in [6.07, 6.45) is 3.55. The number of methoxy groups -OCH3 is 1. The molecule has 6 nitrogen and oxygen atoms in total. The van der Waals surface area contributed by atoms with Crippen molar-refractivity contribution in [2.45, 2.75) is 57.6 Å². The highest BCUT2D eigenvalue weighted by atomic mass is 16.5. The van der Waals surface area contributed by atoms with Gasteiger partial charge < -0.3 is 15.5 Å². The normalized spacial score (nSPS) is 22.9. The van der Waals surface area contributed by atoms with E-state index in [-0.39, 0.29) is 5.41 Å². The van der Waals surface area contributed by atoms with Gasteiger partial charge in [0.25, 0.3) is 0 Å². The lowest BCUT2D eigenvalue weighted by atomic mass is 9.96. The van der Waals surface area contributed by atoms with Gasteiger partial charge in [0.05, 0.1) is 6.10 Å². The van der Waals surface area contributed by atoms with E-state index >= 15 is 0 Å². The molecule has 2 unspecified atom stereocenters. The zero-order valence-electron chi connectivity index (χ0n) is 12.7. The van der Waals surface area contributed by atoms with Crippen molar-refractivity contribution in [1.29, 1.82) is 0 Å². The Hall–Kier alpha value is -1.40. The van der Waals surface area contributed by atoms with E-state index in [9.17, 15) is 0 Å². The molecule has 0 aromatic carbocycles. The molecule has 0 saturated heterocycles. The molecule has 1 aliphatic rings. The molecule has 0 amide bonds. The number of hydrazine groups is 1. The number of aromatic nitrogens is 2. The molecule has 1 saturated carbocycles. The lowest BCUT2D eigenvalue weighted by molar-refractivity contribution is 0.108. The van der Waals surface area contributed by atoms with E-state index in [1.807, 2.05) is 6.07 Å². The van der Waals surface area contributed by atoms with Crippen molar-refractivity contribution in [3.63, 3.8) is 0 Å². The van der Waals surface area contributed by atoms with Gasteiger partial charge in [0.15, 0.2) is 0 Å². The number of nitrogens with two attached hydrogens (primary N) is 1. The van der Waals surface area contributed by atoms with Gasteiger partial charge in [-0.1, -0.05) is 20.8 Å². The van der Waals surface area contributed by atoms with Crippen LogP contribution in [0.4, 0.5) is 11.6 Å². The monoisotopic (exact) mass is 279 g/mol. The van der Waals surface area contributed by atoms with Crippen LogP contribution in [0, 0.1) is 0 Å². The van der Waals surface area contributed by atoms with E-state index in [0.717, 1.165) is 30.9 Å². The van der Waals surface area contributed by atoms with E-state index in [4.69, 9.17) is 10.6 Å². The van der Waals surface area contributed by atoms with Crippen LogP contribution in [-0.4, -0.2) is 29.2 Å². The fourth-order valence-electron chi connectivity index (χ4n) is 2.42. The van der Waals surface area contributed by atoms with Gasteiger partial charge in [0.1, 0.15) is 17.5 Å². The number of nitrogen functional groups attached to an aromatic ring is 1. The predicted octanol–water partition coefficient (Wildman–Crippen LogP) is 2.04. The first-order chi connectivity index (χ1) is 9.42. The quantitative estimate of drug-likeness (QED) is 0.577. The number of rotatable bonds is 4. The Labute approximate surface area is 120 Å². The molecule has 0 radical (unpaired) electrons. The predicted molar refractivity (Wildman–Crippen MR) is 80.6 cm³/mol. The Morgan fingerprint density at radius 1 is 1.25 bits per heavy atom. The summed E-state index contributed by atoms with van der Waals surface area (Å²) < 4.78 is 5.40. The average molecular weight is 279 g/mol. The number of nitrogens with one attached hydrogen (secondary N) is 2. The topological polar surface area (TPSA) is 85.1 Å². The summed E-state index contributed by atoms with van der Waals surface area (Å²) in [6.45, 7) is 6.26. The standard InChI is InChI=1S/C14H25N5O/c1-14(2,3)13-17-11(8-12(18-13)19-15)16-9-5-6-10(7-9)20-4/h8-10H,5-7,15H2,1-4H3,(H2,16,17,18,19). The second kappa shape index (κ2) is 5.93. The van der Waals surface area contributed by atoms with Crippen molar-refractivity contribution in [2.24, 2.45) is 5.84 Å². The van der Waals surface area contributed by atoms with Gasteiger partial charge in [0.2, 0.25) is 0 Å². The molecule has 112 valence electrons. The number of ether oxygens (including phenoxy) is 1. The molecule has 0 bridgehead atoms. The van der Waals surface area contributed by atoms with Crippen LogP contribution < -0.4 is 16.6 Å². The van der Waals surface area contributed by atoms with Crippen molar-refractivity contribution in [3.05, 3.63) is 11.9 Å². The minimum absolute atomic E-state index is 0.117. The summed E-state index contributed by atoms with van der Waals surface area (Å²) in [7, 11) is 1.77. The van der Waals surface area contributed by atoms with E-state index < -0.39 is 0 Å². The van der Waals surface area contributed by atoms with Crippen LogP contribution in [0.25, 0.3) is 0 Å². The first-order valence-corrected chi connectivity index (χ1v) is 7.08. The van der Waals surface area contributed by atoms with Crippen LogP contribution in [0.2, 0.25) is 0 Å². The number of hydrogen-bond acceptors (Lipinski definition) is 6. The highest BCUT2D eigenvalue weighted by Gasteiger charge is 2.25. The van der Waals surface area contributed by atoms with Gasteiger partial charge in [-0.25, -0.2) is 15.8 Å². The van der Waals surface area contributed by atoms with Gasteiger partial charge >= 0.3 is 0 Å². The van der Waals surface area contributed by atoms with Gasteiger partial charge in [-0.3, -0.25) is 0 Å². The lowest BCUT2D eigenvalue weighted by Gasteiger charge is -2.20. The van der Waals surface area contributed by atoms with Crippen molar-refractivity contribution in [1.82, 2.24) is 9.97 Å². The third-order valence-corrected chi connectivity index (χ3v) is 3.61. The van der Waals surface area contributed by atoms with Crippen LogP contribution in [0.3, 0.4) is 0 Å². The molecule has 6 heteroatoms. The van der Waals surface area contributed by atoms with Crippen LogP contribution in [0.5, 0.6) is 0 Å². The fourth-order valence-corrected chi connectivity index (χ4v) is 2.42. The Morgan fingerprint density at radius 2 is 1.95 bits per heavy atom. The molecule has 1 aromatic heterocycles. The number of hydrogen-bond donors (Lipinski definition) is 3. The Bertz CT molecular complexity index is 457. The summed E-state index contributed by atoms with van der Waals surface area (Å²) in [5.74, 6) is 7.72. The molecule has 2 rings (SSSR count). The van der Waals surface area contributed by atoms with Crippen LogP contribution in [-0.2, 0) is 10.2 Å². The third-order valence-electron chi connectivity index (χ3n) is 3.61. The second-order valence-electron chi connectivity index (χ2n) is 6.37. The Kier molecular flexibility index (Phi) is 4.45. The van der Waals surface area contributed by atoms with E-state index in [2.05, 4.69) is 41.5 Å².